The summed E-state index contributed by atoms with van der Waals surface area (Å²) in [7, 11) is 0. The van der Waals surface area contributed by atoms with Crippen LogP contribution in [-0.2, 0) is 0 Å². The number of halogens is 3. The number of fused-ring (bicyclic) bond motifs is 4. The van der Waals surface area contributed by atoms with Gasteiger partial charge >= 0.3 is 0 Å². The van der Waals surface area contributed by atoms with Gasteiger partial charge in [-0.25, -0.2) is 18.7 Å². The second kappa shape index (κ2) is 15.0. The van der Waals surface area contributed by atoms with E-state index in [4.69, 9.17) is 16.6 Å². The number of aromatic nitrogens is 2. The first-order chi connectivity index (χ1) is 27.5. The van der Waals surface area contributed by atoms with Crippen LogP contribution in [0.3, 0.4) is 0 Å². The fourth-order valence-corrected chi connectivity index (χ4v) is 8.30. The summed E-state index contributed by atoms with van der Waals surface area (Å²) in [5.74, 6) is -2.29. The Morgan fingerprint density at radius 1 is 0.544 bits per heavy atom. The minimum atomic E-state index is -0.625. The Morgan fingerprint density at radius 2 is 0.947 bits per heavy atom. The van der Waals surface area contributed by atoms with Crippen molar-refractivity contribution in [2.24, 2.45) is 0 Å². The average Bonchev–Trinajstić information content (AvgIpc) is 3.64. The smallest absolute Gasteiger partial charge is 0.262 e. The molecule has 4 amide bonds. The molecule has 0 saturated carbocycles. The van der Waals surface area contributed by atoms with Crippen molar-refractivity contribution in [2.45, 2.75) is 30.8 Å². The summed E-state index contributed by atoms with van der Waals surface area (Å²) in [5, 5.41) is 1.25. The molecular formula is C45H31ClF2N4O4S. The number of carbonyl (C=O) groups excluding carboxylic acids is 4. The third-order valence-electron chi connectivity index (χ3n) is 10.3. The maximum Gasteiger partial charge on any atom is 0.262 e. The molecule has 0 unspecified atom stereocenters. The Labute approximate surface area is 335 Å². The molecule has 12 heteroatoms. The van der Waals surface area contributed by atoms with Crippen LogP contribution in [0.4, 0.5) is 8.78 Å². The van der Waals surface area contributed by atoms with Crippen molar-refractivity contribution in [1.29, 1.82) is 0 Å². The molecule has 2 aliphatic heterocycles. The fraction of sp³-hybridized carbons (Fsp3) is 0.111. The van der Waals surface area contributed by atoms with Crippen molar-refractivity contribution in [1.82, 2.24) is 19.8 Å². The van der Waals surface area contributed by atoms with E-state index in [9.17, 15) is 28.0 Å². The van der Waals surface area contributed by atoms with Gasteiger partial charge in [0.1, 0.15) is 27.8 Å². The lowest BCUT2D eigenvalue weighted by Gasteiger charge is -2.25. The molecule has 0 fully saturated rings. The molecule has 8 nitrogen and oxygen atoms in total. The molecule has 282 valence electrons. The van der Waals surface area contributed by atoms with Crippen molar-refractivity contribution in [3.63, 3.8) is 0 Å². The highest BCUT2D eigenvalue weighted by Crippen LogP contribution is 2.40. The average molecular weight is 797 g/mol. The van der Waals surface area contributed by atoms with Gasteiger partial charge in [0.15, 0.2) is 0 Å². The van der Waals surface area contributed by atoms with Gasteiger partial charge in [0.05, 0.1) is 40.0 Å². The zero-order valence-corrected chi connectivity index (χ0v) is 32.2. The second-order valence-corrected chi connectivity index (χ2v) is 14.7. The molecule has 5 aromatic carbocycles. The summed E-state index contributed by atoms with van der Waals surface area (Å²) in [6, 6.07) is 32.9. The zero-order valence-electron chi connectivity index (χ0n) is 30.7. The largest absolute Gasteiger partial charge is 0.269 e. The van der Waals surface area contributed by atoms with Crippen LogP contribution >= 0.6 is 23.4 Å². The van der Waals surface area contributed by atoms with Crippen LogP contribution in [0.15, 0.2) is 126 Å². The van der Waals surface area contributed by atoms with Crippen molar-refractivity contribution in [3.8, 4) is 11.3 Å². The number of rotatable bonds is 6. The van der Waals surface area contributed by atoms with E-state index < -0.39 is 23.7 Å². The SMILES string of the molecule is CSc1ccccc1-c1nc2c(F)cccc2cc1[C@H](C)N1C(=O)c2ccccc2C1=O.C[C@@H](c1cc2cccc(F)c2nc1Cl)N1C(=O)c2ccccc2C1=O. The molecule has 4 heterocycles. The van der Waals surface area contributed by atoms with Gasteiger partial charge in [-0.1, -0.05) is 78.3 Å². The molecule has 0 spiro atoms. The number of carbonyl (C=O) groups is 4. The molecule has 9 rings (SSSR count). The first-order valence-electron chi connectivity index (χ1n) is 17.9. The van der Waals surface area contributed by atoms with E-state index in [1.54, 1.807) is 97.5 Å². The van der Waals surface area contributed by atoms with Gasteiger partial charge in [-0.05, 0) is 74.7 Å². The number of benzene rings is 5. The Bertz CT molecular complexity index is 2760. The zero-order chi connectivity index (χ0) is 40.1. The minimum absolute atomic E-state index is 0.0710. The molecule has 2 atom stereocenters. The van der Waals surface area contributed by atoms with E-state index in [-0.39, 0.29) is 39.8 Å². The van der Waals surface area contributed by atoms with E-state index in [1.807, 2.05) is 43.5 Å². The van der Waals surface area contributed by atoms with E-state index in [2.05, 4.69) is 4.98 Å². The summed E-state index contributed by atoms with van der Waals surface area (Å²) < 4.78 is 28.5. The Kier molecular flexibility index (Phi) is 9.89. The van der Waals surface area contributed by atoms with Gasteiger partial charge in [-0.3, -0.25) is 29.0 Å². The van der Waals surface area contributed by atoms with Crippen LogP contribution in [-0.4, -0.2) is 49.7 Å². The normalized spacial score (nSPS) is 14.5. The molecule has 57 heavy (non-hydrogen) atoms. The maximum atomic E-state index is 14.6. The Morgan fingerprint density at radius 3 is 1.42 bits per heavy atom. The molecule has 0 saturated heterocycles. The highest BCUT2D eigenvalue weighted by Gasteiger charge is 2.41. The van der Waals surface area contributed by atoms with Crippen LogP contribution < -0.4 is 0 Å². The molecular weight excluding hydrogens is 766 g/mol. The quantitative estimate of drug-likeness (QED) is 0.0938. The topological polar surface area (TPSA) is 101 Å². The highest BCUT2D eigenvalue weighted by molar-refractivity contribution is 7.98. The van der Waals surface area contributed by atoms with Crippen molar-refractivity contribution < 1.29 is 28.0 Å². The van der Waals surface area contributed by atoms with E-state index in [0.29, 0.717) is 49.8 Å². The monoisotopic (exact) mass is 796 g/mol. The summed E-state index contributed by atoms with van der Waals surface area (Å²) in [5.41, 5.74) is 4.55. The van der Waals surface area contributed by atoms with Crippen molar-refractivity contribution in [3.05, 3.63) is 171 Å². The minimum Gasteiger partial charge on any atom is -0.269 e. The van der Waals surface area contributed by atoms with E-state index >= 15 is 0 Å². The Hall–Kier alpha value is -6.30. The van der Waals surface area contributed by atoms with Crippen LogP contribution in [0.2, 0.25) is 5.15 Å². The number of thioether (sulfide) groups is 1. The number of para-hydroxylation sites is 2. The molecule has 0 aliphatic carbocycles. The van der Waals surface area contributed by atoms with Gasteiger partial charge in [0.2, 0.25) is 0 Å². The van der Waals surface area contributed by atoms with E-state index in [1.165, 1.54) is 21.9 Å². The number of pyridine rings is 2. The van der Waals surface area contributed by atoms with Crippen molar-refractivity contribution in [2.75, 3.05) is 6.26 Å². The van der Waals surface area contributed by atoms with Gasteiger partial charge in [0.25, 0.3) is 23.6 Å². The first-order valence-corrected chi connectivity index (χ1v) is 19.5. The summed E-state index contributed by atoms with van der Waals surface area (Å²) in [4.78, 5) is 63.8. The lowest BCUT2D eigenvalue weighted by atomic mass is 9.97. The molecule has 0 N–H and O–H groups in total. The third-order valence-corrected chi connectivity index (χ3v) is 11.4. The standard InChI is InChI=1S/C26H19FN2O2S.C19H12ClFN2O2/c1-15(29-25(30)17-9-3-4-10-18(17)26(29)31)20-14-16-8-7-12-21(27)23(16)28-24(20)19-11-5-6-13-22(19)32-2;1-10(23-18(24)12-6-2-3-7-13(12)19(23)25)14-9-11-5-4-8-15(21)16(11)22-17(14)20/h3-15H,1-2H3;2-10H,1H3/t15-;10-/m00/s1. The van der Waals surface area contributed by atoms with Gasteiger partial charge in [-0.15, -0.1) is 11.8 Å². The number of hydrogen-bond acceptors (Lipinski definition) is 7. The number of amides is 4. The molecule has 0 bridgehead atoms. The van der Waals surface area contributed by atoms with Gasteiger partial charge in [0, 0.05) is 32.4 Å². The van der Waals surface area contributed by atoms with Gasteiger partial charge < -0.3 is 0 Å². The van der Waals surface area contributed by atoms with Gasteiger partial charge in [-0.2, -0.15) is 0 Å². The molecule has 2 aliphatic rings. The van der Waals surface area contributed by atoms with Crippen LogP contribution in [0.1, 0.15) is 78.5 Å². The summed E-state index contributed by atoms with van der Waals surface area (Å²) >= 11 is 7.79. The number of imide groups is 2. The lowest BCUT2D eigenvalue weighted by molar-refractivity contribution is 0.0579. The number of hydrogen-bond donors (Lipinski definition) is 0. The van der Waals surface area contributed by atoms with Crippen LogP contribution in [0, 0.1) is 11.6 Å². The van der Waals surface area contributed by atoms with Crippen molar-refractivity contribution >= 4 is 68.8 Å². The summed E-state index contributed by atoms with van der Waals surface area (Å²) in [6.07, 6.45) is 1.97. The molecule has 2 aromatic heterocycles. The maximum absolute atomic E-state index is 14.6. The predicted octanol–water partition coefficient (Wildman–Crippen LogP) is 10.5. The fourth-order valence-electron chi connectivity index (χ4n) is 7.40. The Balaban J connectivity index is 0.000000165. The molecule has 0 radical (unpaired) electrons. The second-order valence-electron chi connectivity index (χ2n) is 13.5. The third kappa shape index (κ3) is 6.42. The summed E-state index contributed by atoms with van der Waals surface area (Å²) in [6.45, 7) is 3.52. The first kappa shape index (κ1) is 37.6. The lowest BCUT2D eigenvalue weighted by Crippen LogP contribution is -2.33. The predicted molar refractivity (Wildman–Crippen MR) is 216 cm³/mol. The van der Waals surface area contributed by atoms with Crippen LogP contribution in [0.5, 0.6) is 0 Å². The number of nitrogens with zero attached hydrogens (tertiary/aromatic N) is 4. The molecule has 7 aromatic rings. The van der Waals surface area contributed by atoms with Crippen LogP contribution in [0.25, 0.3) is 33.1 Å². The van der Waals surface area contributed by atoms with E-state index in [0.717, 1.165) is 10.5 Å². The highest BCUT2D eigenvalue weighted by atomic mass is 35.5.